The number of amides is 1. The molecule has 1 unspecified atom stereocenters. The van der Waals surface area contributed by atoms with Crippen LogP contribution < -0.4 is 0 Å². The fourth-order valence-electron chi connectivity index (χ4n) is 2.98. The maximum Gasteiger partial charge on any atom is 0.410 e. The zero-order valence-electron chi connectivity index (χ0n) is 16.9. The molecule has 28 heavy (non-hydrogen) atoms. The molecule has 0 spiro atoms. The number of carbonyl (C=O) groups is 3. The molecule has 1 aliphatic rings. The highest BCUT2D eigenvalue weighted by Gasteiger charge is 2.32. The van der Waals surface area contributed by atoms with Gasteiger partial charge in [0.05, 0.1) is 0 Å². The molecule has 0 saturated heterocycles. The summed E-state index contributed by atoms with van der Waals surface area (Å²) in [6, 6.07) is 5.46. The number of fused-ring (bicyclic) bond motifs is 1. The largest absolute Gasteiger partial charge is 0.453 e. The number of esters is 1. The number of carbonyl (C=O) groups excluding carboxylic acids is 3. The standard InChI is InChI=1S/C21H28BrNO5/c1-5-6-11-23(20(26)28-21(2,3)4)13-18(24)27-17-10-7-14-12-15(22)8-9-16(14)19(17)25/h8-9,12,17H,5-7,10-11,13H2,1-4H3. The molecule has 0 fully saturated rings. The first-order chi connectivity index (χ1) is 13.1. The summed E-state index contributed by atoms with van der Waals surface area (Å²) in [5.41, 5.74) is 0.884. The zero-order chi connectivity index (χ0) is 20.9. The number of ketones is 1. The highest BCUT2D eigenvalue weighted by molar-refractivity contribution is 9.10. The van der Waals surface area contributed by atoms with Gasteiger partial charge in [-0.25, -0.2) is 4.79 Å². The molecule has 0 aromatic heterocycles. The molecule has 0 bridgehead atoms. The van der Waals surface area contributed by atoms with E-state index in [1.54, 1.807) is 32.9 Å². The SMILES string of the molecule is CCCCN(CC(=O)OC1CCc2cc(Br)ccc2C1=O)C(=O)OC(C)(C)C. The summed E-state index contributed by atoms with van der Waals surface area (Å²) < 4.78 is 11.7. The zero-order valence-corrected chi connectivity index (χ0v) is 18.5. The van der Waals surface area contributed by atoms with Gasteiger partial charge in [-0.2, -0.15) is 0 Å². The van der Waals surface area contributed by atoms with Crippen molar-refractivity contribution < 1.29 is 23.9 Å². The summed E-state index contributed by atoms with van der Waals surface area (Å²) in [4.78, 5) is 38.8. The van der Waals surface area contributed by atoms with E-state index >= 15 is 0 Å². The van der Waals surface area contributed by atoms with Crippen molar-refractivity contribution in [2.75, 3.05) is 13.1 Å². The number of ether oxygens (including phenoxy) is 2. The van der Waals surface area contributed by atoms with Gasteiger partial charge in [0.15, 0.2) is 6.10 Å². The Kier molecular flexibility index (Phi) is 7.63. The lowest BCUT2D eigenvalue weighted by atomic mass is 9.89. The third-order valence-corrected chi connectivity index (χ3v) is 4.82. The number of unbranched alkanes of at least 4 members (excludes halogenated alkanes) is 1. The van der Waals surface area contributed by atoms with Crippen molar-refractivity contribution in [2.24, 2.45) is 0 Å². The normalized spacial score (nSPS) is 16.3. The number of benzene rings is 1. The van der Waals surface area contributed by atoms with Crippen LogP contribution in [0.25, 0.3) is 0 Å². The highest BCUT2D eigenvalue weighted by Crippen LogP contribution is 2.26. The molecule has 2 rings (SSSR count). The number of halogens is 1. The Morgan fingerprint density at radius 3 is 2.64 bits per heavy atom. The van der Waals surface area contributed by atoms with Crippen LogP contribution in [0.5, 0.6) is 0 Å². The lowest BCUT2D eigenvalue weighted by molar-refractivity contribution is -0.148. The minimum Gasteiger partial charge on any atom is -0.453 e. The predicted octanol–water partition coefficient (Wildman–Crippen LogP) is 4.53. The van der Waals surface area contributed by atoms with Crippen LogP contribution in [-0.2, 0) is 20.7 Å². The van der Waals surface area contributed by atoms with Gasteiger partial charge >= 0.3 is 12.1 Å². The smallest absolute Gasteiger partial charge is 0.410 e. The number of Topliss-reactive ketones (excluding diaryl/α,β-unsaturated/α-hetero) is 1. The number of hydrogen-bond donors (Lipinski definition) is 0. The van der Waals surface area contributed by atoms with Gasteiger partial charge in [-0.15, -0.1) is 0 Å². The molecule has 0 N–H and O–H groups in total. The molecule has 0 radical (unpaired) electrons. The van der Waals surface area contributed by atoms with E-state index in [0.717, 1.165) is 22.9 Å². The van der Waals surface area contributed by atoms with Crippen LogP contribution in [-0.4, -0.2) is 47.5 Å². The van der Waals surface area contributed by atoms with Crippen molar-refractivity contribution >= 4 is 33.8 Å². The van der Waals surface area contributed by atoms with Crippen molar-refractivity contribution in [3.63, 3.8) is 0 Å². The predicted molar refractivity (Wildman–Crippen MR) is 109 cm³/mol. The van der Waals surface area contributed by atoms with E-state index in [9.17, 15) is 14.4 Å². The molecule has 1 aliphatic carbocycles. The number of nitrogens with zero attached hydrogens (tertiary/aromatic N) is 1. The number of rotatable bonds is 6. The topological polar surface area (TPSA) is 72.9 Å². The fraction of sp³-hybridized carbons (Fsp3) is 0.571. The maximum absolute atomic E-state index is 12.6. The lowest BCUT2D eigenvalue weighted by Crippen LogP contribution is -2.42. The van der Waals surface area contributed by atoms with Crippen molar-refractivity contribution in [1.29, 1.82) is 0 Å². The quantitative estimate of drug-likeness (QED) is 0.591. The minimum absolute atomic E-state index is 0.195. The molecule has 0 aliphatic heterocycles. The Labute approximate surface area is 174 Å². The van der Waals surface area contributed by atoms with Crippen LogP contribution in [0.1, 0.15) is 62.9 Å². The van der Waals surface area contributed by atoms with E-state index in [2.05, 4.69) is 15.9 Å². The molecule has 154 valence electrons. The molecule has 1 amide bonds. The Balaban J connectivity index is 2.01. The van der Waals surface area contributed by atoms with Crippen LogP contribution in [0.2, 0.25) is 0 Å². The Hall–Kier alpha value is -1.89. The number of aryl methyl sites for hydroxylation is 1. The molecular formula is C21H28BrNO5. The van der Waals surface area contributed by atoms with Gasteiger partial charge in [0.1, 0.15) is 12.1 Å². The Morgan fingerprint density at radius 1 is 1.29 bits per heavy atom. The summed E-state index contributed by atoms with van der Waals surface area (Å²) in [5.74, 6) is -0.791. The van der Waals surface area contributed by atoms with Gasteiger partial charge < -0.3 is 9.47 Å². The van der Waals surface area contributed by atoms with Gasteiger partial charge in [0.2, 0.25) is 5.78 Å². The first-order valence-corrected chi connectivity index (χ1v) is 10.4. The molecule has 1 aromatic carbocycles. The van der Waals surface area contributed by atoms with E-state index in [-0.39, 0.29) is 12.3 Å². The summed E-state index contributed by atoms with van der Waals surface area (Å²) in [5, 5.41) is 0. The van der Waals surface area contributed by atoms with E-state index in [0.29, 0.717) is 24.9 Å². The average molecular weight is 454 g/mol. The van der Waals surface area contributed by atoms with E-state index in [1.165, 1.54) is 4.90 Å². The van der Waals surface area contributed by atoms with Gasteiger partial charge in [-0.05, 0) is 63.8 Å². The first kappa shape index (κ1) is 22.4. The highest BCUT2D eigenvalue weighted by atomic mass is 79.9. The molecule has 1 atom stereocenters. The van der Waals surface area contributed by atoms with Crippen molar-refractivity contribution in [1.82, 2.24) is 4.90 Å². The monoisotopic (exact) mass is 453 g/mol. The van der Waals surface area contributed by atoms with Crippen molar-refractivity contribution in [3.05, 3.63) is 33.8 Å². The Morgan fingerprint density at radius 2 is 2.00 bits per heavy atom. The third-order valence-electron chi connectivity index (χ3n) is 4.33. The van der Waals surface area contributed by atoms with Crippen LogP contribution >= 0.6 is 15.9 Å². The number of hydrogen-bond acceptors (Lipinski definition) is 5. The summed E-state index contributed by atoms with van der Waals surface area (Å²) in [6.45, 7) is 7.50. The summed E-state index contributed by atoms with van der Waals surface area (Å²) in [7, 11) is 0. The third kappa shape index (κ3) is 6.33. The van der Waals surface area contributed by atoms with Crippen LogP contribution in [0, 0.1) is 0 Å². The molecule has 0 heterocycles. The first-order valence-electron chi connectivity index (χ1n) is 9.60. The van der Waals surface area contributed by atoms with Gasteiger partial charge in [-0.3, -0.25) is 14.5 Å². The second-order valence-corrected chi connectivity index (χ2v) is 8.85. The van der Waals surface area contributed by atoms with Crippen LogP contribution in [0.3, 0.4) is 0 Å². The average Bonchev–Trinajstić information content (AvgIpc) is 2.59. The van der Waals surface area contributed by atoms with Gasteiger partial charge in [-0.1, -0.05) is 29.3 Å². The lowest BCUT2D eigenvalue weighted by Gasteiger charge is -2.28. The second kappa shape index (κ2) is 9.54. The van der Waals surface area contributed by atoms with Gasteiger partial charge in [0.25, 0.3) is 0 Å². The van der Waals surface area contributed by atoms with Gasteiger partial charge in [0, 0.05) is 16.6 Å². The molecule has 1 aromatic rings. The van der Waals surface area contributed by atoms with Crippen molar-refractivity contribution in [2.45, 2.75) is 65.1 Å². The van der Waals surface area contributed by atoms with E-state index in [4.69, 9.17) is 9.47 Å². The molecule has 6 nitrogen and oxygen atoms in total. The van der Waals surface area contributed by atoms with Crippen LogP contribution in [0.15, 0.2) is 22.7 Å². The fourth-order valence-corrected chi connectivity index (χ4v) is 3.38. The molecular weight excluding hydrogens is 426 g/mol. The van der Waals surface area contributed by atoms with Crippen molar-refractivity contribution in [3.8, 4) is 0 Å². The Bertz CT molecular complexity index is 741. The second-order valence-electron chi connectivity index (χ2n) is 7.94. The molecule has 7 heteroatoms. The summed E-state index contributed by atoms with van der Waals surface area (Å²) in [6.07, 6.45) is 1.36. The molecule has 0 saturated carbocycles. The van der Waals surface area contributed by atoms with E-state index in [1.807, 2.05) is 13.0 Å². The van der Waals surface area contributed by atoms with E-state index < -0.39 is 23.8 Å². The maximum atomic E-state index is 12.6. The minimum atomic E-state index is -0.812. The van der Waals surface area contributed by atoms with Crippen LogP contribution in [0.4, 0.5) is 4.79 Å². The summed E-state index contributed by atoms with van der Waals surface area (Å²) >= 11 is 3.40.